The van der Waals surface area contributed by atoms with Crippen molar-refractivity contribution in [2.75, 3.05) is 5.75 Å². The summed E-state index contributed by atoms with van der Waals surface area (Å²) in [6.45, 7) is 3.48. The van der Waals surface area contributed by atoms with Crippen LogP contribution in [-0.4, -0.2) is 57.1 Å². The van der Waals surface area contributed by atoms with Gasteiger partial charge < -0.3 is 27.4 Å². The number of hydrogen-bond donors (Lipinski definition) is 5. The van der Waals surface area contributed by atoms with Gasteiger partial charge in [0, 0.05) is 5.75 Å². The standard InChI is InChI=1S/C11H21N3O5S2/c1-4(2)6(13)8(15)9(7(14)11(18)19)21-20-3-5(12)10(16)17/h4-7,9H,3,12-14H2,1-2H3,(H,16,17)(H,18,19)/t5-,6-,7-,9?/m0/s1. The first kappa shape index (κ1) is 20.2. The fourth-order valence-corrected chi connectivity index (χ4v) is 3.95. The molecule has 8 nitrogen and oxygen atoms in total. The van der Waals surface area contributed by atoms with Crippen molar-refractivity contribution in [2.45, 2.75) is 37.2 Å². The predicted molar refractivity (Wildman–Crippen MR) is 82.9 cm³/mol. The van der Waals surface area contributed by atoms with E-state index in [1.165, 1.54) is 0 Å². The van der Waals surface area contributed by atoms with Crippen molar-refractivity contribution in [2.24, 2.45) is 23.1 Å². The van der Waals surface area contributed by atoms with Gasteiger partial charge >= 0.3 is 11.9 Å². The Bertz CT molecular complexity index is 394. The molecule has 0 fully saturated rings. The van der Waals surface area contributed by atoms with Gasteiger partial charge in [-0.2, -0.15) is 0 Å². The van der Waals surface area contributed by atoms with Crippen LogP contribution in [0, 0.1) is 5.92 Å². The largest absolute Gasteiger partial charge is 0.480 e. The Morgan fingerprint density at radius 1 is 1.00 bits per heavy atom. The van der Waals surface area contributed by atoms with Crippen molar-refractivity contribution in [3.05, 3.63) is 0 Å². The minimum Gasteiger partial charge on any atom is -0.480 e. The van der Waals surface area contributed by atoms with Gasteiger partial charge in [0.25, 0.3) is 0 Å². The predicted octanol–water partition coefficient (Wildman–Crippen LogP) is -0.887. The average Bonchev–Trinajstić information content (AvgIpc) is 2.40. The third kappa shape index (κ3) is 6.66. The molecule has 0 amide bonds. The molecule has 0 aliphatic heterocycles. The number of nitrogens with two attached hydrogens (primary N) is 3. The third-order valence-electron chi connectivity index (χ3n) is 2.68. The normalized spacial score (nSPS) is 17.0. The summed E-state index contributed by atoms with van der Waals surface area (Å²) in [4.78, 5) is 33.8. The fourth-order valence-electron chi connectivity index (χ4n) is 1.19. The number of rotatable bonds is 10. The lowest BCUT2D eigenvalue weighted by Crippen LogP contribution is -2.51. The molecule has 0 saturated heterocycles. The highest BCUT2D eigenvalue weighted by Crippen LogP contribution is 2.30. The Morgan fingerprint density at radius 3 is 1.90 bits per heavy atom. The van der Waals surface area contributed by atoms with E-state index in [-0.39, 0.29) is 11.7 Å². The molecular weight excluding hydrogens is 318 g/mol. The molecule has 1 unspecified atom stereocenters. The summed E-state index contributed by atoms with van der Waals surface area (Å²) in [6, 6.07) is -3.35. The van der Waals surface area contributed by atoms with Gasteiger partial charge in [-0.25, -0.2) is 0 Å². The maximum Gasteiger partial charge on any atom is 0.322 e. The van der Waals surface area contributed by atoms with Crippen LogP contribution < -0.4 is 17.2 Å². The first-order valence-corrected chi connectivity index (χ1v) is 8.52. The van der Waals surface area contributed by atoms with Gasteiger partial charge in [0.05, 0.1) is 6.04 Å². The second-order valence-corrected chi connectivity index (χ2v) is 7.34. The number of carbonyl (C=O) groups excluding carboxylic acids is 1. The van der Waals surface area contributed by atoms with Crippen LogP contribution in [0.15, 0.2) is 0 Å². The number of carbonyl (C=O) groups is 3. The molecule has 0 aliphatic carbocycles. The van der Waals surface area contributed by atoms with Crippen LogP contribution in [0.4, 0.5) is 0 Å². The van der Waals surface area contributed by atoms with Crippen LogP contribution >= 0.6 is 21.6 Å². The van der Waals surface area contributed by atoms with Gasteiger partial charge in [0.2, 0.25) is 0 Å². The number of ketones is 1. The number of carboxylic acids is 2. The topological polar surface area (TPSA) is 170 Å². The lowest BCUT2D eigenvalue weighted by Gasteiger charge is -2.24. The van der Waals surface area contributed by atoms with E-state index in [1.54, 1.807) is 13.8 Å². The van der Waals surface area contributed by atoms with Crippen molar-refractivity contribution < 1.29 is 24.6 Å². The summed E-state index contributed by atoms with van der Waals surface area (Å²) in [5, 5.41) is 16.6. The first-order chi connectivity index (χ1) is 9.59. The molecule has 21 heavy (non-hydrogen) atoms. The van der Waals surface area contributed by atoms with Crippen LogP contribution in [0.2, 0.25) is 0 Å². The molecule has 8 N–H and O–H groups in total. The minimum atomic E-state index is -1.42. The number of carboxylic acid groups (broad SMARTS) is 2. The van der Waals surface area contributed by atoms with Gasteiger partial charge in [0.1, 0.15) is 17.3 Å². The zero-order valence-electron chi connectivity index (χ0n) is 11.8. The molecule has 10 heteroatoms. The first-order valence-electron chi connectivity index (χ1n) is 6.13. The van der Waals surface area contributed by atoms with Gasteiger partial charge in [-0.05, 0) is 5.92 Å². The quantitative estimate of drug-likeness (QED) is 0.315. The lowest BCUT2D eigenvalue weighted by molar-refractivity contribution is -0.140. The van der Waals surface area contributed by atoms with Crippen LogP contribution in [0.5, 0.6) is 0 Å². The monoisotopic (exact) mass is 339 g/mol. The van der Waals surface area contributed by atoms with E-state index in [1.807, 2.05) is 0 Å². The van der Waals surface area contributed by atoms with E-state index in [9.17, 15) is 14.4 Å². The van der Waals surface area contributed by atoms with Gasteiger partial charge in [-0.3, -0.25) is 14.4 Å². The SMILES string of the molecule is CC(C)[C@H](N)C(=O)C(SSC[C@H](N)C(=O)O)[C@H](N)C(=O)O. The zero-order chi connectivity index (χ0) is 16.7. The molecule has 0 aromatic rings. The molecule has 0 spiro atoms. The third-order valence-corrected chi connectivity index (χ3v) is 5.48. The molecule has 4 atom stereocenters. The summed E-state index contributed by atoms with van der Waals surface area (Å²) >= 11 is 0. The average molecular weight is 339 g/mol. The highest BCUT2D eigenvalue weighted by Gasteiger charge is 2.35. The molecule has 0 bridgehead atoms. The van der Waals surface area contributed by atoms with E-state index in [4.69, 9.17) is 27.4 Å². The summed E-state index contributed by atoms with van der Waals surface area (Å²) in [5.74, 6) is -3.10. The van der Waals surface area contributed by atoms with Crippen molar-refractivity contribution in [3.8, 4) is 0 Å². The lowest BCUT2D eigenvalue weighted by atomic mass is 9.96. The number of aliphatic carboxylic acids is 2. The maximum absolute atomic E-state index is 12.2. The summed E-state index contributed by atoms with van der Waals surface area (Å²) in [7, 11) is 1.89. The van der Waals surface area contributed by atoms with Crippen LogP contribution in [0.25, 0.3) is 0 Å². The van der Waals surface area contributed by atoms with E-state index in [0.29, 0.717) is 0 Å². The van der Waals surface area contributed by atoms with Crippen molar-refractivity contribution in [1.82, 2.24) is 0 Å². The van der Waals surface area contributed by atoms with Gasteiger partial charge in [0.15, 0.2) is 5.78 Å². The van der Waals surface area contributed by atoms with Gasteiger partial charge in [-0.1, -0.05) is 35.4 Å². The molecule has 122 valence electrons. The van der Waals surface area contributed by atoms with E-state index in [0.717, 1.165) is 21.6 Å². The molecule has 0 rings (SSSR count). The number of Topliss-reactive ketones (excluding diaryl/α,β-unsaturated/α-hetero) is 1. The number of hydrogen-bond acceptors (Lipinski definition) is 8. The minimum absolute atomic E-state index is 0.0209. The van der Waals surface area contributed by atoms with Crippen molar-refractivity contribution >= 4 is 39.3 Å². The molecule has 0 aromatic carbocycles. The van der Waals surface area contributed by atoms with Crippen LogP contribution in [0.3, 0.4) is 0 Å². The zero-order valence-corrected chi connectivity index (χ0v) is 13.4. The summed E-state index contributed by atoms with van der Waals surface area (Å²) < 4.78 is 0. The van der Waals surface area contributed by atoms with Crippen molar-refractivity contribution in [3.63, 3.8) is 0 Å². The Balaban J connectivity index is 4.80. The van der Waals surface area contributed by atoms with Gasteiger partial charge in [-0.15, -0.1) is 0 Å². The maximum atomic E-state index is 12.2. The molecule has 0 heterocycles. The highest BCUT2D eigenvalue weighted by molar-refractivity contribution is 8.77. The second kappa shape index (κ2) is 9.26. The molecule has 0 saturated carbocycles. The Morgan fingerprint density at radius 2 is 1.52 bits per heavy atom. The Labute approximate surface area is 130 Å². The second-order valence-electron chi connectivity index (χ2n) is 4.78. The highest BCUT2D eigenvalue weighted by atomic mass is 33.1. The Hall–Kier alpha value is -0.810. The van der Waals surface area contributed by atoms with Crippen molar-refractivity contribution in [1.29, 1.82) is 0 Å². The molecule has 0 radical (unpaired) electrons. The fraction of sp³-hybridized carbons (Fsp3) is 0.727. The smallest absolute Gasteiger partial charge is 0.322 e. The van der Waals surface area contributed by atoms with Crippen LogP contribution in [0.1, 0.15) is 13.8 Å². The van der Waals surface area contributed by atoms with Crippen LogP contribution in [-0.2, 0) is 14.4 Å². The molecule has 0 aliphatic rings. The van der Waals surface area contributed by atoms with E-state index in [2.05, 4.69) is 0 Å². The molecule has 0 aromatic heterocycles. The van der Waals surface area contributed by atoms with E-state index < -0.39 is 41.1 Å². The van der Waals surface area contributed by atoms with E-state index >= 15 is 0 Å². The molecular formula is C11H21N3O5S2. The summed E-state index contributed by atoms with van der Waals surface area (Å²) in [5.41, 5.74) is 16.6. The summed E-state index contributed by atoms with van der Waals surface area (Å²) in [6.07, 6.45) is 0. The Kier molecular flexibility index (Phi) is 8.90.